The second-order valence-electron chi connectivity index (χ2n) is 8.31. The molecule has 0 atom stereocenters. The fourth-order valence-corrected chi connectivity index (χ4v) is 4.45. The first kappa shape index (κ1) is 19.6. The lowest BCUT2D eigenvalue weighted by Crippen LogP contribution is -2.19. The van der Waals surface area contributed by atoms with E-state index in [2.05, 4.69) is 17.0 Å². The van der Waals surface area contributed by atoms with Crippen molar-refractivity contribution in [2.75, 3.05) is 13.1 Å². The van der Waals surface area contributed by atoms with Gasteiger partial charge < -0.3 is 9.84 Å². The molecular formula is C27H25NO3. The maximum atomic E-state index is 13.1. The molecule has 3 aromatic carbocycles. The fourth-order valence-electron chi connectivity index (χ4n) is 4.45. The van der Waals surface area contributed by atoms with Gasteiger partial charge in [-0.2, -0.15) is 0 Å². The van der Waals surface area contributed by atoms with Gasteiger partial charge in [0.15, 0.2) is 5.76 Å². The van der Waals surface area contributed by atoms with Crippen LogP contribution in [0.4, 0.5) is 0 Å². The molecular weight excluding hydrogens is 386 g/mol. The van der Waals surface area contributed by atoms with Gasteiger partial charge in [-0.25, -0.2) is 0 Å². The Morgan fingerprint density at radius 2 is 1.68 bits per heavy atom. The summed E-state index contributed by atoms with van der Waals surface area (Å²) in [5.74, 6) is 0.895. The van der Waals surface area contributed by atoms with E-state index in [0.717, 1.165) is 35.3 Å². The van der Waals surface area contributed by atoms with Crippen LogP contribution in [0.5, 0.6) is 11.5 Å². The summed E-state index contributed by atoms with van der Waals surface area (Å²) in [6.07, 6.45) is 4.12. The van der Waals surface area contributed by atoms with Crippen LogP contribution in [0.2, 0.25) is 0 Å². The van der Waals surface area contributed by atoms with Gasteiger partial charge in [0.1, 0.15) is 11.5 Å². The molecule has 0 radical (unpaired) electrons. The van der Waals surface area contributed by atoms with Crippen LogP contribution in [0, 0.1) is 6.92 Å². The average molecular weight is 412 g/mol. The number of hydrogen-bond acceptors (Lipinski definition) is 4. The van der Waals surface area contributed by atoms with Crippen LogP contribution in [-0.2, 0) is 6.54 Å². The third-order valence-corrected chi connectivity index (χ3v) is 6.12. The summed E-state index contributed by atoms with van der Waals surface area (Å²) in [6.45, 7) is 4.46. The van der Waals surface area contributed by atoms with Crippen molar-refractivity contribution in [2.45, 2.75) is 26.3 Å². The van der Waals surface area contributed by atoms with Gasteiger partial charge in [0.05, 0.1) is 11.1 Å². The Morgan fingerprint density at radius 1 is 1.00 bits per heavy atom. The molecule has 0 aromatic heterocycles. The van der Waals surface area contributed by atoms with Gasteiger partial charge in [-0.3, -0.25) is 9.69 Å². The van der Waals surface area contributed by atoms with Gasteiger partial charge in [0, 0.05) is 6.54 Å². The number of hydrogen-bond donors (Lipinski definition) is 1. The zero-order valence-electron chi connectivity index (χ0n) is 17.6. The minimum atomic E-state index is -0.123. The van der Waals surface area contributed by atoms with Crippen molar-refractivity contribution in [3.63, 3.8) is 0 Å². The minimum Gasteiger partial charge on any atom is -0.507 e. The van der Waals surface area contributed by atoms with E-state index in [1.54, 1.807) is 12.1 Å². The molecule has 0 spiro atoms. The molecule has 2 heterocycles. The lowest BCUT2D eigenvalue weighted by atomic mass is 9.99. The summed E-state index contributed by atoms with van der Waals surface area (Å²) in [7, 11) is 0. The highest BCUT2D eigenvalue weighted by Crippen LogP contribution is 2.42. The van der Waals surface area contributed by atoms with Crippen molar-refractivity contribution < 1.29 is 14.6 Å². The molecule has 2 aliphatic heterocycles. The number of ether oxygens (including phenoxy) is 1. The number of aryl methyl sites for hydroxylation is 1. The Balaban J connectivity index is 1.45. The van der Waals surface area contributed by atoms with Crippen molar-refractivity contribution in [2.24, 2.45) is 0 Å². The number of nitrogens with zero attached hydrogens (tertiary/aromatic N) is 1. The number of rotatable bonds is 4. The van der Waals surface area contributed by atoms with E-state index in [0.29, 0.717) is 29.2 Å². The largest absolute Gasteiger partial charge is 0.507 e. The number of benzene rings is 3. The molecule has 1 N–H and O–H groups in total. The number of allylic oxidation sites excluding steroid dienone is 1. The topological polar surface area (TPSA) is 49.8 Å². The zero-order chi connectivity index (χ0) is 21.4. The average Bonchev–Trinajstić information content (AvgIpc) is 3.41. The molecule has 5 rings (SSSR count). The molecule has 0 bridgehead atoms. The number of carbonyl (C=O) groups is 1. The second kappa shape index (κ2) is 8.05. The Labute approximate surface area is 182 Å². The van der Waals surface area contributed by atoms with Crippen LogP contribution < -0.4 is 4.74 Å². The summed E-state index contributed by atoms with van der Waals surface area (Å²) in [6, 6.07) is 19.9. The predicted octanol–water partition coefficient (Wildman–Crippen LogP) is 5.58. The van der Waals surface area contributed by atoms with Gasteiger partial charge in [0.2, 0.25) is 5.78 Å². The third kappa shape index (κ3) is 3.75. The smallest absolute Gasteiger partial charge is 0.232 e. The summed E-state index contributed by atoms with van der Waals surface area (Å²) in [5.41, 5.74) is 5.19. The van der Waals surface area contributed by atoms with E-state index in [1.165, 1.54) is 12.8 Å². The predicted molar refractivity (Wildman–Crippen MR) is 122 cm³/mol. The molecule has 31 heavy (non-hydrogen) atoms. The first-order valence-electron chi connectivity index (χ1n) is 10.8. The summed E-state index contributed by atoms with van der Waals surface area (Å²) >= 11 is 0. The molecule has 0 amide bonds. The van der Waals surface area contributed by atoms with Crippen molar-refractivity contribution in [1.29, 1.82) is 0 Å². The maximum absolute atomic E-state index is 13.1. The first-order chi connectivity index (χ1) is 15.1. The van der Waals surface area contributed by atoms with Gasteiger partial charge in [0.25, 0.3) is 0 Å². The third-order valence-electron chi connectivity index (χ3n) is 6.12. The highest BCUT2D eigenvalue weighted by Gasteiger charge is 2.33. The van der Waals surface area contributed by atoms with E-state index < -0.39 is 0 Å². The molecule has 0 unspecified atom stereocenters. The number of phenols is 1. The van der Waals surface area contributed by atoms with E-state index in [4.69, 9.17) is 4.74 Å². The van der Waals surface area contributed by atoms with Crippen LogP contribution >= 0.6 is 0 Å². The molecule has 1 saturated heterocycles. The molecule has 3 aromatic rings. The van der Waals surface area contributed by atoms with Crippen LogP contribution in [0.15, 0.2) is 66.4 Å². The lowest BCUT2D eigenvalue weighted by molar-refractivity contribution is 0.101. The number of carbonyl (C=O) groups excluding carboxylic acids is 1. The van der Waals surface area contributed by atoms with E-state index in [9.17, 15) is 9.90 Å². The summed E-state index contributed by atoms with van der Waals surface area (Å²) < 4.78 is 6.07. The number of ketones is 1. The molecule has 156 valence electrons. The second-order valence-corrected chi connectivity index (χ2v) is 8.31. The number of aromatic hydroxyl groups is 1. The Morgan fingerprint density at radius 3 is 2.39 bits per heavy atom. The molecule has 4 heteroatoms. The van der Waals surface area contributed by atoms with Gasteiger partial charge >= 0.3 is 0 Å². The normalized spacial score (nSPS) is 17.2. The van der Waals surface area contributed by atoms with Crippen molar-refractivity contribution in [3.05, 3.63) is 88.7 Å². The number of Topliss-reactive ketones (excluding diaryl/α,β-unsaturated/α-hetero) is 1. The van der Waals surface area contributed by atoms with Crippen LogP contribution in [-0.4, -0.2) is 28.9 Å². The quantitative estimate of drug-likeness (QED) is 0.570. The van der Waals surface area contributed by atoms with Crippen LogP contribution in [0.25, 0.3) is 17.2 Å². The van der Waals surface area contributed by atoms with Crippen molar-refractivity contribution in [1.82, 2.24) is 4.90 Å². The Hall–Kier alpha value is -3.37. The molecule has 1 fully saturated rings. The SMILES string of the molecule is Cc1cc(O)c(CN2CCCC2)c2c1C(=O)/C(=C/c1ccc(-c3ccccc3)cc1)O2. The van der Waals surface area contributed by atoms with Gasteiger partial charge in [-0.15, -0.1) is 0 Å². The Kier molecular flexibility index (Phi) is 5.08. The summed E-state index contributed by atoms with van der Waals surface area (Å²) in [4.78, 5) is 15.4. The Bertz CT molecular complexity index is 1160. The van der Waals surface area contributed by atoms with Gasteiger partial charge in [-0.1, -0.05) is 54.6 Å². The maximum Gasteiger partial charge on any atom is 0.232 e. The monoisotopic (exact) mass is 411 g/mol. The molecule has 0 aliphatic carbocycles. The number of fused-ring (bicyclic) bond motifs is 1. The van der Waals surface area contributed by atoms with E-state index >= 15 is 0 Å². The number of phenolic OH excluding ortho intramolecular Hbond substituents is 1. The van der Waals surface area contributed by atoms with E-state index in [-0.39, 0.29) is 11.5 Å². The summed E-state index contributed by atoms with van der Waals surface area (Å²) in [5, 5.41) is 10.6. The van der Waals surface area contributed by atoms with Crippen molar-refractivity contribution >= 4 is 11.9 Å². The molecule has 2 aliphatic rings. The standard InChI is InChI=1S/C27H25NO3/c1-18-15-23(29)22(17-28-13-5-6-14-28)27-25(18)26(30)24(31-27)16-19-9-11-21(12-10-19)20-7-3-2-4-8-20/h2-4,7-12,15-16,29H,5-6,13-14,17H2,1H3/b24-16-. The van der Waals surface area contributed by atoms with Crippen LogP contribution in [0.3, 0.4) is 0 Å². The zero-order valence-corrected chi connectivity index (χ0v) is 17.6. The van der Waals surface area contributed by atoms with E-state index in [1.807, 2.05) is 49.4 Å². The van der Waals surface area contributed by atoms with Gasteiger partial charge in [-0.05, 0) is 67.3 Å². The molecule has 0 saturated carbocycles. The number of likely N-dealkylation sites (tertiary alicyclic amines) is 1. The fraction of sp³-hybridized carbons (Fsp3) is 0.222. The lowest BCUT2D eigenvalue weighted by Gasteiger charge is -2.18. The van der Waals surface area contributed by atoms with Crippen LogP contribution in [0.1, 0.15) is 39.9 Å². The highest BCUT2D eigenvalue weighted by atomic mass is 16.5. The minimum absolute atomic E-state index is 0.123. The molecule has 4 nitrogen and oxygen atoms in total. The van der Waals surface area contributed by atoms with Crippen molar-refractivity contribution in [3.8, 4) is 22.6 Å². The first-order valence-corrected chi connectivity index (χ1v) is 10.8. The highest BCUT2D eigenvalue weighted by molar-refractivity contribution is 6.15.